The highest BCUT2D eigenvalue weighted by Gasteiger charge is 2.00. The molecule has 0 saturated heterocycles. The van der Waals surface area contributed by atoms with Crippen LogP contribution in [0.1, 0.15) is 5.76 Å². The van der Waals surface area contributed by atoms with Crippen LogP contribution >= 0.6 is 0 Å². The first kappa shape index (κ1) is 12.2. The number of amides is 1. The Hall–Kier alpha value is -2.81. The van der Waals surface area contributed by atoms with Crippen LogP contribution in [0.2, 0.25) is 0 Å². The zero-order valence-corrected chi connectivity index (χ0v) is 10.7. The molecule has 3 nitrogen and oxygen atoms in total. The average Bonchev–Trinajstić information content (AvgIpc) is 2.98. The Bertz CT molecular complexity index is 758. The highest BCUT2D eigenvalue weighted by atomic mass is 16.3. The molecule has 2 aromatic carbocycles. The van der Waals surface area contributed by atoms with Gasteiger partial charge in [0.1, 0.15) is 5.76 Å². The molecule has 1 heterocycles. The van der Waals surface area contributed by atoms with Gasteiger partial charge in [-0.1, -0.05) is 30.3 Å². The van der Waals surface area contributed by atoms with E-state index in [1.54, 1.807) is 24.5 Å². The molecular formula is C17H13NO2. The molecule has 3 aromatic rings. The lowest BCUT2D eigenvalue weighted by Crippen LogP contribution is -2.07. The zero-order chi connectivity index (χ0) is 13.8. The van der Waals surface area contributed by atoms with E-state index in [9.17, 15) is 4.79 Å². The lowest BCUT2D eigenvalue weighted by atomic mass is 10.1. The maximum Gasteiger partial charge on any atom is 0.248 e. The van der Waals surface area contributed by atoms with Crippen molar-refractivity contribution in [3.8, 4) is 0 Å². The molecule has 3 heteroatoms. The quantitative estimate of drug-likeness (QED) is 0.723. The standard InChI is InChI=1S/C17H13NO2/c19-17(10-9-16-6-3-11-20-16)18-15-8-7-13-4-1-2-5-14(13)12-15/h1-12H,(H,18,19). The van der Waals surface area contributed by atoms with Gasteiger partial charge in [0, 0.05) is 11.8 Å². The summed E-state index contributed by atoms with van der Waals surface area (Å²) < 4.78 is 5.12. The van der Waals surface area contributed by atoms with Crippen LogP contribution in [0.5, 0.6) is 0 Å². The summed E-state index contributed by atoms with van der Waals surface area (Å²) in [4.78, 5) is 11.8. The second kappa shape index (κ2) is 5.45. The van der Waals surface area contributed by atoms with Crippen LogP contribution < -0.4 is 5.32 Å². The first-order valence-electron chi connectivity index (χ1n) is 6.33. The number of fused-ring (bicyclic) bond motifs is 1. The summed E-state index contributed by atoms with van der Waals surface area (Å²) in [6, 6.07) is 17.4. The molecule has 0 radical (unpaired) electrons. The van der Waals surface area contributed by atoms with Crippen LogP contribution in [0.25, 0.3) is 16.8 Å². The Morgan fingerprint density at radius 3 is 2.65 bits per heavy atom. The molecule has 0 aliphatic heterocycles. The van der Waals surface area contributed by atoms with E-state index in [0.29, 0.717) is 5.76 Å². The summed E-state index contributed by atoms with van der Waals surface area (Å²) in [6.45, 7) is 0. The third-order valence-corrected chi connectivity index (χ3v) is 2.96. The number of hydrogen-bond acceptors (Lipinski definition) is 2. The molecule has 0 atom stereocenters. The van der Waals surface area contributed by atoms with Crippen molar-refractivity contribution in [1.29, 1.82) is 0 Å². The fourth-order valence-corrected chi connectivity index (χ4v) is 1.99. The third kappa shape index (κ3) is 2.78. The number of carbonyl (C=O) groups is 1. The molecule has 20 heavy (non-hydrogen) atoms. The van der Waals surface area contributed by atoms with E-state index >= 15 is 0 Å². The Morgan fingerprint density at radius 2 is 1.85 bits per heavy atom. The van der Waals surface area contributed by atoms with E-state index in [1.165, 1.54) is 6.08 Å². The molecule has 1 N–H and O–H groups in total. The largest absolute Gasteiger partial charge is 0.465 e. The highest BCUT2D eigenvalue weighted by Crippen LogP contribution is 2.18. The maximum atomic E-state index is 11.8. The van der Waals surface area contributed by atoms with E-state index < -0.39 is 0 Å². The molecule has 0 aliphatic carbocycles. The predicted molar refractivity (Wildman–Crippen MR) is 80.3 cm³/mol. The molecule has 0 bridgehead atoms. The molecule has 0 saturated carbocycles. The average molecular weight is 263 g/mol. The van der Waals surface area contributed by atoms with Gasteiger partial charge in [-0.05, 0) is 41.1 Å². The van der Waals surface area contributed by atoms with E-state index in [1.807, 2.05) is 42.5 Å². The molecule has 0 unspecified atom stereocenters. The van der Waals surface area contributed by atoms with Gasteiger partial charge in [-0.2, -0.15) is 0 Å². The number of hydrogen-bond donors (Lipinski definition) is 1. The minimum absolute atomic E-state index is 0.184. The van der Waals surface area contributed by atoms with Crippen molar-refractivity contribution < 1.29 is 9.21 Å². The molecule has 0 fully saturated rings. The maximum absolute atomic E-state index is 11.8. The highest BCUT2D eigenvalue weighted by molar-refractivity contribution is 6.02. The molecule has 0 spiro atoms. The first-order valence-corrected chi connectivity index (χ1v) is 6.33. The summed E-state index contributed by atoms with van der Waals surface area (Å²) in [7, 11) is 0. The van der Waals surface area contributed by atoms with Crippen molar-refractivity contribution in [2.45, 2.75) is 0 Å². The van der Waals surface area contributed by atoms with Gasteiger partial charge in [0.05, 0.1) is 6.26 Å². The third-order valence-electron chi connectivity index (χ3n) is 2.96. The topological polar surface area (TPSA) is 42.2 Å². The normalized spacial score (nSPS) is 11.0. The van der Waals surface area contributed by atoms with Crippen LogP contribution in [0.4, 0.5) is 5.69 Å². The minimum Gasteiger partial charge on any atom is -0.465 e. The molecule has 3 rings (SSSR count). The van der Waals surface area contributed by atoms with Gasteiger partial charge >= 0.3 is 0 Å². The van der Waals surface area contributed by atoms with Crippen molar-refractivity contribution in [2.24, 2.45) is 0 Å². The Balaban J connectivity index is 1.74. The van der Waals surface area contributed by atoms with Gasteiger partial charge in [-0.25, -0.2) is 0 Å². The summed E-state index contributed by atoms with van der Waals surface area (Å²) in [5, 5.41) is 5.08. The second-order valence-corrected chi connectivity index (χ2v) is 4.40. The van der Waals surface area contributed by atoms with Crippen LogP contribution in [0.15, 0.2) is 71.4 Å². The Labute approximate surface area is 116 Å². The Morgan fingerprint density at radius 1 is 1.00 bits per heavy atom. The number of benzene rings is 2. The SMILES string of the molecule is O=C(C=Cc1ccco1)Nc1ccc2ccccc2c1. The summed E-state index contributed by atoms with van der Waals surface area (Å²) >= 11 is 0. The van der Waals surface area contributed by atoms with Gasteiger partial charge in [-0.15, -0.1) is 0 Å². The minimum atomic E-state index is -0.184. The van der Waals surface area contributed by atoms with Crippen molar-refractivity contribution in [3.05, 3.63) is 72.7 Å². The smallest absolute Gasteiger partial charge is 0.248 e. The lowest BCUT2D eigenvalue weighted by molar-refractivity contribution is -0.111. The van der Waals surface area contributed by atoms with Crippen LogP contribution in [0, 0.1) is 0 Å². The van der Waals surface area contributed by atoms with E-state index in [0.717, 1.165) is 16.5 Å². The number of nitrogens with one attached hydrogen (secondary N) is 1. The molecular weight excluding hydrogens is 250 g/mol. The summed E-state index contributed by atoms with van der Waals surface area (Å²) in [5.74, 6) is 0.468. The van der Waals surface area contributed by atoms with Gasteiger partial charge in [-0.3, -0.25) is 4.79 Å². The van der Waals surface area contributed by atoms with E-state index in [2.05, 4.69) is 5.32 Å². The van der Waals surface area contributed by atoms with E-state index in [-0.39, 0.29) is 5.91 Å². The summed E-state index contributed by atoms with van der Waals surface area (Å²) in [5.41, 5.74) is 0.776. The van der Waals surface area contributed by atoms with Crippen molar-refractivity contribution in [2.75, 3.05) is 5.32 Å². The van der Waals surface area contributed by atoms with Gasteiger partial charge < -0.3 is 9.73 Å². The molecule has 1 amide bonds. The fourth-order valence-electron chi connectivity index (χ4n) is 1.99. The molecule has 0 aliphatic rings. The van der Waals surface area contributed by atoms with Crippen LogP contribution in [0.3, 0.4) is 0 Å². The monoisotopic (exact) mass is 263 g/mol. The van der Waals surface area contributed by atoms with Crippen molar-refractivity contribution in [1.82, 2.24) is 0 Å². The van der Waals surface area contributed by atoms with Crippen LogP contribution in [-0.2, 0) is 4.79 Å². The number of rotatable bonds is 3. The number of anilines is 1. The van der Waals surface area contributed by atoms with Crippen molar-refractivity contribution in [3.63, 3.8) is 0 Å². The van der Waals surface area contributed by atoms with Gasteiger partial charge in [0.25, 0.3) is 0 Å². The molecule has 1 aromatic heterocycles. The van der Waals surface area contributed by atoms with Gasteiger partial charge in [0.15, 0.2) is 0 Å². The summed E-state index contributed by atoms with van der Waals surface area (Å²) in [6.07, 6.45) is 4.66. The fraction of sp³-hybridized carbons (Fsp3) is 0. The lowest BCUT2D eigenvalue weighted by Gasteiger charge is -2.04. The zero-order valence-electron chi connectivity index (χ0n) is 10.7. The first-order chi connectivity index (χ1) is 9.81. The number of furan rings is 1. The van der Waals surface area contributed by atoms with E-state index in [4.69, 9.17) is 4.42 Å². The number of carbonyl (C=O) groups excluding carboxylic acids is 1. The predicted octanol–water partition coefficient (Wildman–Crippen LogP) is 4.08. The molecule has 98 valence electrons. The van der Waals surface area contributed by atoms with Crippen LogP contribution in [-0.4, -0.2) is 5.91 Å². The van der Waals surface area contributed by atoms with Gasteiger partial charge in [0.2, 0.25) is 5.91 Å². The second-order valence-electron chi connectivity index (χ2n) is 4.40. The Kier molecular flexibility index (Phi) is 3.33. The van der Waals surface area contributed by atoms with Crippen molar-refractivity contribution >= 4 is 28.4 Å².